The van der Waals surface area contributed by atoms with E-state index in [0.29, 0.717) is 6.54 Å². The number of rotatable bonds is 11. The zero-order valence-electron chi connectivity index (χ0n) is 15.6. The Morgan fingerprint density at radius 1 is 1.12 bits per heavy atom. The molecule has 0 aliphatic rings. The fourth-order valence-electron chi connectivity index (χ4n) is 2.13. The molecule has 0 heterocycles. The lowest BCUT2D eigenvalue weighted by molar-refractivity contribution is 0.143. The zero-order chi connectivity index (χ0) is 17.6. The molecule has 1 rings (SSSR count). The second kappa shape index (κ2) is 12.6. The maximum atomic E-state index is 5.89. The van der Waals surface area contributed by atoms with Crippen LogP contribution in [-0.4, -0.2) is 44.9 Å². The molecule has 0 radical (unpaired) electrons. The number of ether oxygens (including phenoxy) is 2. The standard InChI is InChI=1S/C19H33N3O2/c1-5-20-19(21-13-7-8-14-23-6-2)22-15-17(4)24-18-11-9-16(3)10-12-18/h9-12,17H,5-8,13-15H2,1-4H3,(H2,20,21,22). The quantitative estimate of drug-likeness (QED) is 0.371. The van der Waals surface area contributed by atoms with Crippen molar-refractivity contribution in [1.29, 1.82) is 0 Å². The molecule has 0 spiro atoms. The first-order chi connectivity index (χ1) is 11.7. The normalized spacial score (nSPS) is 12.8. The number of hydrogen-bond donors (Lipinski definition) is 2. The molecule has 1 unspecified atom stereocenters. The summed E-state index contributed by atoms with van der Waals surface area (Å²) in [5.74, 6) is 1.73. The van der Waals surface area contributed by atoms with Gasteiger partial charge in [-0.15, -0.1) is 0 Å². The van der Waals surface area contributed by atoms with Gasteiger partial charge in [-0.05, 0) is 52.7 Å². The highest BCUT2D eigenvalue weighted by Crippen LogP contribution is 2.13. The molecule has 0 bridgehead atoms. The van der Waals surface area contributed by atoms with Crippen molar-refractivity contribution >= 4 is 5.96 Å². The topological polar surface area (TPSA) is 54.9 Å². The van der Waals surface area contributed by atoms with Crippen molar-refractivity contribution in [1.82, 2.24) is 10.6 Å². The maximum absolute atomic E-state index is 5.89. The lowest BCUT2D eigenvalue weighted by Crippen LogP contribution is -2.38. The van der Waals surface area contributed by atoms with Crippen molar-refractivity contribution in [2.75, 3.05) is 32.8 Å². The molecular weight excluding hydrogens is 302 g/mol. The predicted molar refractivity (Wildman–Crippen MR) is 101 cm³/mol. The summed E-state index contributed by atoms with van der Waals surface area (Å²) in [6, 6.07) is 8.10. The average Bonchev–Trinajstić information content (AvgIpc) is 2.57. The van der Waals surface area contributed by atoms with Gasteiger partial charge in [0.1, 0.15) is 11.9 Å². The van der Waals surface area contributed by atoms with E-state index in [1.807, 2.05) is 26.0 Å². The van der Waals surface area contributed by atoms with Crippen LogP contribution in [0.25, 0.3) is 0 Å². The molecule has 1 atom stereocenters. The first-order valence-electron chi connectivity index (χ1n) is 8.99. The van der Waals surface area contributed by atoms with Crippen molar-refractivity contribution < 1.29 is 9.47 Å². The van der Waals surface area contributed by atoms with Crippen LogP contribution in [0.5, 0.6) is 5.75 Å². The number of aliphatic imine (C=N–C) groups is 1. The fourth-order valence-corrected chi connectivity index (χ4v) is 2.13. The number of hydrogen-bond acceptors (Lipinski definition) is 3. The molecule has 1 aromatic rings. The number of unbranched alkanes of at least 4 members (excludes halogenated alkanes) is 1. The molecule has 0 saturated carbocycles. The first kappa shape index (κ1) is 20.3. The van der Waals surface area contributed by atoms with E-state index in [2.05, 4.69) is 41.6 Å². The van der Waals surface area contributed by atoms with E-state index < -0.39 is 0 Å². The Balaban J connectivity index is 2.33. The third kappa shape index (κ3) is 9.40. The third-order valence-corrected chi connectivity index (χ3v) is 3.42. The van der Waals surface area contributed by atoms with E-state index in [0.717, 1.165) is 50.9 Å². The number of nitrogens with one attached hydrogen (secondary N) is 2. The summed E-state index contributed by atoms with van der Waals surface area (Å²) in [7, 11) is 0. The van der Waals surface area contributed by atoms with Gasteiger partial charge in [-0.3, -0.25) is 0 Å². The minimum absolute atomic E-state index is 0.0288. The molecule has 5 nitrogen and oxygen atoms in total. The highest BCUT2D eigenvalue weighted by atomic mass is 16.5. The van der Waals surface area contributed by atoms with Crippen LogP contribution in [0.4, 0.5) is 0 Å². The van der Waals surface area contributed by atoms with Crippen molar-refractivity contribution in [2.45, 2.75) is 46.6 Å². The van der Waals surface area contributed by atoms with E-state index in [-0.39, 0.29) is 6.10 Å². The van der Waals surface area contributed by atoms with Gasteiger partial charge in [0.05, 0.1) is 6.54 Å². The average molecular weight is 335 g/mol. The van der Waals surface area contributed by atoms with E-state index in [4.69, 9.17) is 9.47 Å². The van der Waals surface area contributed by atoms with Gasteiger partial charge >= 0.3 is 0 Å². The molecule has 0 saturated heterocycles. The lowest BCUT2D eigenvalue weighted by atomic mass is 10.2. The van der Waals surface area contributed by atoms with Gasteiger partial charge < -0.3 is 20.1 Å². The Morgan fingerprint density at radius 3 is 2.54 bits per heavy atom. The molecule has 0 aromatic heterocycles. The van der Waals surface area contributed by atoms with E-state index in [9.17, 15) is 0 Å². The van der Waals surface area contributed by atoms with Gasteiger partial charge in [0.2, 0.25) is 0 Å². The summed E-state index contributed by atoms with van der Waals surface area (Å²) >= 11 is 0. The van der Waals surface area contributed by atoms with E-state index in [1.54, 1.807) is 0 Å². The molecular formula is C19H33N3O2. The summed E-state index contributed by atoms with van der Waals surface area (Å²) < 4.78 is 11.2. The Kier molecular flexibility index (Phi) is 10.7. The Morgan fingerprint density at radius 2 is 1.88 bits per heavy atom. The SMILES string of the molecule is CCNC(=NCC(C)Oc1ccc(C)cc1)NCCCCOCC. The highest BCUT2D eigenvalue weighted by molar-refractivity contribution is 5.79. The molecule has 0 aliphatic heterocycles. The number of guanidine groups is 1. The van der Waals surface area contributed by atoms with Crippen LogP contribution in [0.1, 0.15) is 39.2 Å². The summed E-state index contributed by atoms with van der Waals surface area (Å²) in [5.41, 5.74) is 1.23. The number of benzene rings is 1. The molecule has 136 valence electrons. The van der Waals surface area contributed by atoms with Gasteiger partial charge in [-0.1, -0.05) is 17.7 Å². The summed E-state index contributed by atoms with van der Waals surface area (Å²) in [6.07, 6.45) is 2.16. The minimum Gasteiger partial charge on any atom is -0.489 e. The largest absolute Gasteiger partial charge is 0.489 e. The molecule has 5 heteroatoms. The van der Waals surface area contributed by atoms with Crippen LogP contribution >= 0.6 is 0 Å². The van der Waals surface area contributed by atoms with E-state index >= 15 is 0 Å². The third-order valence-electron chi connectivity index (χ3n) is 3.42. The predicted octanol–water partition coefficient (Wildman–Crippen LogP) is 3.13. The minimum atomic E-state index is 0.0288. The maximum Gasteiger partial charge on any atom is 0.191 e. The molecule has 0 aliphatic carbocycles. The Bertz CT molecular complexity index is 460. The molecule has 2 N–H and O–H groups in total. The van der Waals surface area contributed by atoms with Crippen LogP contribution in [0.3, 0.4) is 0 Å². The first-order valence-corrected chi connectivity index (χ1v) is 8.99. The number of nitrogens with zero attached hydrogens (tertiary/aromatic N) is 1. The monoisotopic (exact) mass is 335 g/mol. The van der Waals surface area contributed by atoms with Gasteiger partial charge in [-0.25, -0.2) is 4.99 Å². The van der Waals surface area contributed by atoms with Crippen molar-refractivity contribution in [3.63, 3.8) is 0 Å². The highest BCUT2D eigenvalue weighted by Gasteiger charge is 2.04. The second-order valence-corrected chi connectivity index (χ2v) is 5.79. The molecule has 1 aromatic carbocycles. The summed E-state index contributed by atoms with van der Waals surface area (Å²) in [4.78, 5) is 4.60. The Hall–Kier alpha value is -1.75. The van der Waals surface area contributed by atoms with Crippen molar-refractivity contribution in [2.24, 2.45) is 4.99 Å². The van der Waals surface area contributed by atoms with Crippen molar-refractivity contribution in [3.8, 4) is 5.75 Å². The Labute approximate surface area is 146 Å². The van der Waals surface area contributed by atoms with Crippen LogP contribution in [-0.2, 0) is 4.74 Å². The van der Waals surface area contributed by atoms with Gasteiger partial charge in [0.15, 0.2) is 5.96 Å². The van der Waals surface area contributed by atoms with Crippen LogP contribution in [0.2, 0.25) is 0 Å². The van der Waals surface area contributed by atoms with Gasteiger partial charge in [0.25, 0.3) is 0 Å². The summed E-state index contributed by atoms with van der Waals surface area (Å²) in [5, 5.41) is 6.62. The molecule has 24 heavy (non-hydrogen) atoms. The second-order valence-electron chi connectivity index (χ2n) is 5.79. The fraction of sp³-hybridized carbons (Fsp3) is 0.632. The van der Waals surface area contributed by atoms with Crippen LogP contribution in [0, 0.1) is 6.92 Å². The molecule has 0 amide bonds. The summed E-state index contributed by atoms with van der Waals surface area (Å²) in [6.45, 7) is 12.2. The zero-order valence-corrected chi connectivity index (χ0v) is 15.6. The molecule has 0 fully saturated rings. The van der Waals surface area contributed by atoms with E-state index in [1.165, 1.54) is 5.56 Å². The smallest absolute Gasteiger partial charge is 0.191 e. The van der Waals surface area contributed by atoms with Crippen LogP contribution < -0.4 is 15.4 Å². The van der Waals surface area contributed by atoms with Crippen LogP contribution in [0.15, 0.2) is 29.3 Å². The van der Waals surface area contributed by atoms with Gasteiger partial charge in [0, 0.05) is 26.3 Å². The lowest BCUT2D eigenvalue weighted by Gasteiger charge is -2.15. The van der Waals surface area contributed by atoms with Gasteiger partial charge in [-0.2, -0.15) is 0 Å². The number of aryl methyl sites for hydroxylation is 1. The van der Waals surface area contributed by atoms with Crippen molar-refractivity contribution in [3.05, 3.63) is 29.8 Å².